The van der Waals surface area contributed by atoms with E-state index in [0.29, 0.717) is 17.2 Å². The van der Waals surface area contributed by atoms with Gasteiger partial charge >= 0.3 is 0 Å². The minimum Gasteiger partial charge on any atom is -0.492 e. The minimum absolute atomic E-state index is 0.315. The molecule has 0 N–H and O–H groups in total. The van der Waals surface area contributed by atoms with Gasteiger partial charge in [-0.05, 0) is 36.4 Å². The van der Waals surface area contributed by atoms with Gasteiger partial charge in [-0.15, -0.1) is 0 Å². The fraction of sp³-hybridized carbons (Fsp3) is 0.316. The van der Waals surface area contributed by atoms with E-state index in [2.05, 4.69) is 15.9 Å². The van der Waals surface area contributed by atoms with Gasteiger partial charge in [0.25, 0.3) is 0 Å². The van der Waals surface area contributed by atoms with Gasteiger partial charge in [0.15, 0.2) is 0 Å². The van der Waals surface area contributed by atoms with Crippen LogP contribution in [0.2, 0.25) is 5.02 Å². The van der Waals surface area contributed by atoms with Gasteiger partial charge in [0.05, 0.1) is 22.3 Å². The third kappa shape index (κ3) is 4.62. The number of hydrogen-bond donors (Lipinski definition) is 0. The van der Waals surface area contributed by atoms with E-state index in [1.807, 2.05) is 12.1 Å². The van der Waals surface area contributed by atoms with E-state index in [1.165, 1.54) is 12.1 Å². The second kappa shape index (κ2) is 8.19. The summed E-state index contributed by atoms with van der Waals surface area (Å²) < 4.78 is 18.9. The zero-order valence-electron chi connectivity index (χ0n) is 13.8. The summed E-state index contributed by atoms with van der Waals surface area (Å²) in [6.07, 6.45) is 0. The number of ether oxygens (including phenoxy) is 1. The second-order valence-electron chi connectivity index (χ2n) is 5.91. The highest BCUT2D eigenvalue weighted by atomic mass is 35.5. The molecule has 6 heteroatoms. The average molecular weight is 360 g/mol. The molecule has 4 nitrogen and oxygen atoms in total. The highest BCUT2D eigenvalue weighted by Gasteiger charge is 2.19. The molecule has 1 aliphatic heterocycles. The van der Waals surface area contributed by atoms with Crippen molar-refractivity contribution in [3.05, 3.63) is 58.9 Å². The number of anilines is 1. The van der Waals surface area contributed by atoms with Crippen molar-refractivity contribution in [3.63, 3.8) is 0 Å². The van der Waals surface area contributed by atoms with Gasteiger partial charge in [0.1, 0.15) is 18.2 Å². The summed E-state index contributed by atoms with van der Waals surface area (Å²) in [5, 5.41) is 9.35. The maximum atomic E-state index is 13.2. The van der Waals surface area contributed by atoms with Crippen LogP contribution in [0.15, 0.2) is 42.5 Å². The molecular formula is C19H19ClFN3O. The zero-order chi connectivity index (χ0) is 17.6. The van der Waals surface area contributed by atoms with Crippen LogP contribution in [0.3, 0.4) is 0 Å². The summed E-state index contributed by atoms with van der Waals surface area (Å²) in [5.41, 5.74) is 1.48. The highest BCUT2D eigenvalue weighted by molar-refractivity contribution is 6.33. The van der Waals surface area contributed by atoms with E-state index >= 15 is 0 Å². The van der Waals surface area contributed by atoms with Crippen molar-refractivity contribution in [2.45, 2.75) is 0 Å². The number of nitriles is 1. The van der Waals surface area contributed by atoms with Crippen LogP contribution in [-0.2, 0) is 0 Å². The topological polar surface area (TPSA) is 39.5 Å². The Labute approximate surface area is 152 Å². The standard InChI is InChI=1S/C19H19ClFN3O/c20-18-13-16(21)4-5-19(18)24-8-6-23(7-9-24)10-11-25-17-3-1-2-15(12-17)14-22/h1-5,12-13H,6-11H2. The molecular weight excluding hydrogens is 341 g/mol. The predicted octanol–water partition coefficient (Wildman–Crippen LogP) is 3.55. The summed E-state index contributed by atoms with van der Waals surface area (Å²) in [4.78, 5) is 4.50. The molecule has 25 heavy (non-hydrogen) atoms. The predicted molar refractivity (Wildman–Crippen MR) is 96.7 cm³/mol. The van der Waals surface area contributed by atoms with E-state index in [1.54, 1.807) is 18.2 Å². The molecule has 0 radical (unpaired) electrons. The molecule has 0 saturated carbocycles. The Morgan fingerprint density at radius 1 is 1.12 bits per heavy atom. The molecule has 0 bridgehead atoms. The van der Waals surface area contributed by atoms with Crippen LogP contribution in [0.1, 0.15) is 5.56 Å². The largest absolute Gasteiger partial charge is 0.492 e. The first kappa shape index (κ1) is 17.5. The first-order chi connectivity index (χ1) is 12.2. The number of piperazine rings is 1. The first-order valence-electron chi connectivity index (χ1n) is 8.21. The van der Waals surface area contributed by atoms with E-state index in [-0.39, 0.29) is 5.82 Å². The summed E-state index contributed by atoms with van der Waals surface area (Å²) >= 11 is 6.14. The molecule has 1 saturated heterocycles. The average Bonchev–Trinajstić information content (AvgIpc) is 2.63. The van der Waals surface area contributed by atoms with Crippen molar-refractivity contribution >= 4 is 17.3 Å². The molecule has 1 aliphatic rings. The Morgan fingerprint density at radius 2 is 1.92 bits per heavy atom. The monoisotopic (exact) mass is 359 g/mol. The number of halogens is 2. The van der Waals surface area contributed by atoms with Crippen LogP contribution < -0.4 is 9.64 Å². The van der Waals surface area contributed by atoms with Crippen LogP contribution in [0.25, 0.3) is 0 Å². The first-order valence-corrected chi connectivity index (χ1v) is 8.59. The molecule has 0 spiro atoms. The van der Waals surface area contributed by atoms with Crippen molar-refractivity contribution < 1.29 is 9.13 Å². The lowest BCUT2D eigenvalue weighted by atomic mass is 10.2. The van der Waals surface area contributed by atoms with E-state index < -0.39 is 0 Å². The summed E-state index contributed by atoms with van der Waals surface area (Å²) in [6, 6.07) is 13.8. The number of hydrogen-bond acceptors (Lipinski definition) is 4. The normalized spacial score (nSPS) is 15.0. The third-order valence-electron chi connectivity index (χ3n) is 4.26. The Balaban J connectivity index is 1.45. The van der Waals surface area contributed by atoms with Crippen molar-refractivity contribution in [2.75, 3.05) is 44.2 Å². The summed E-state index contributed by atoms with van der Waals surface area (Å²) in [5.74, 6) is 0.404. The molecule has 1 heterocycles. The van der Waals surface area contributed by atoms with Crippen LogP contribution in [0, 0.1) is 17.1 Å². The Kier molecular flexibility index (Phi) is 5.75. The van der Waals surface area contributed by atoms with E-state index in [4.69, 9.17) is 21.6 Å². The van der Waals surface area contributed by atoms with E-state index in [9.17, 15) is 4.39 Å². The fourth-order valence-electron chi connectivity index (χ4n) is 2.90. The smallest absolute Gasteiger partial charge is 0.124 e. The maximum absolute atomic E-state index is 13.2. The lowest BCUT2D eigenvalue weighted by molar-refractivity contribution is 0.200. The van der Waals surface area contributed by atoms with Gasteiger partial charge in [-0.1, -0.05) is 17.7 Å². The molecule has 0 aromatic heterocycles. The lowest BCUT2D eigenvalue weighted by Crippen LogP contribution is -2.47. The van der Waals surface area contributed by atoms with Gasteiger partial charge in [0.2, 0.25) is 0 Å². The Hall–Kier alpha value is -2.29. The summed E-state index contributed by atoms with van der Waals surface area (Å²) in [6.45, 7) is 4.88. The Bertz CT molecular complexity index is 770. The quantitative estimate of drug-likeness (QED) is 0.818. The number of benzene rings is 2. The second-order valence-corrected chi connectivity index (χ2v) is 6.32. The summed E-state index contributed by atoms with van der Waals surface area (Å²) in [7, 11) is 0. The molecule has 0 atom stereocenters. The third-order valence-corrected chi connectivity index (χ3v) is 4.56. The van der Waals surface area contributed by atoms with Gasteiger partial charge in [-0.25, -0.2) is 4.39 Å². The van der Waals surface area contributed by atoms with Crippen LogP contribution in [0.5, 0.6) is 5.75 Å². The molecule has 0 unspecified atom stereocenters. The van der Waals surface area contributed by atoms with Crippen LogP contribution in [-0.4, -0.2) is 44.2 Å². The molecule has 2 aromatic carbocycles. The van der Waals surface area contributed by atoms with E-state index in [0.717, 1.165) is 44.2 Å². The maximum Gasteiger partial charge on any atom is 0.124 e. The van der Waals surface area contributed by atoms with Gasteiger partial charge in [-0.3, -0.25) is 4.90 Å². The zero-order valence-corrected chi connectivity index (χ0v) is 14.5. The molecule has 3 rings (SSSR count). The van der Waals surface area contributed by atoms with Crippen molar-refractivity contribution in [3.8, 4) is 11.8 Å². The molecule has 1 fully saturated rings. The number of nitrogens with zero attached hydrogens (tertiary/aromatic N) is 3. The van der Waals surface area contributed by atoms with Crippen molar-refractivity contribution in [2.24, 2.45) is 0 Å². The highest BCUT2D eigenvalue weighted by Crippen LogP contribution is 2.27. The molecule has 0 aliphatic carbocycles. The lowest BCUT2D eigenvalue weighted by Gasteiger charge is -2.36. The Morgan fingerprint density at radius 3 is 2.64 bits per heavy atom. The van der Waals surface area contributed by atoms with Crippen LogP contribution >= 0.6 is 11.6 Å². The molecule has 0 amide bonds. The molecule has 2 aromatic rings. The van der Waals surface area contributed by atoms with Gasteiger partial charge in [0, 0.05) is 32.7 Å². The fourth-order valence-corrected chi connectivity index (χ4v) is 3.18. The SMILES string of the molecule is N#Cc1cccc(OCCN2CCN(c3ccc(F)cc3Cl)CC2)c1. The minimum atomic E-state index is -0.315. The molecule has 130 valence electrons. The van der Waals surface area contributed by atoms with Crippen molar-refractivity contribution in [1.29, 1.82) is 5.26 Å². The van der Waals surface area contributed by atoms with Gasteiger partial charge in [-0.2, -0.15) is 5.26 Å². The van der Waals surface area contributed by atoms with Gasteiger partial charge < -0.3 is 9.64 Å². The van der Waals surface area contributed by atoms with Crippen molar-refractivity contribution in [1.82, 2.24) is 4.90 Å². The van der Waals surface area contributed by atoms with Crippen LogP contribution in [0.4, 0.5) is 10.1 Å². The number of rotatable bonds is 5.